The van der Waals surface area contributed by atoms with Crippen LogP contribution in [0, 0.1) is 12.8 Å². The number of aryl methyl sites for hydroxylation is 1. The highest BCUT2D eigenvalue weighted by Gasteiger charge is 2.48. The summed E-state index contributed by atoms with van der Waals surface area (Å²) in [4.78, 5) is 16.8. The Kier molecular flexibility index (Phi) is 4.28. The van der Waals surface area contributed by atoms with Gasteiger partial charge in [0.25, 0.3) is 5.91 Å². The molecule has 5 heteroatoms. The van der Waals surface area contributed by atoms with Gasteiger partial charge < -0.3 is 14.8 Å². The molecule has 1 aromatic rings. The van der Waals surface area contributed by atoms with Crippen molar-refractivity contribution in [2.24, 2.45) is 5.92 Å². The number of ether oxygens (including phenoxy) is 2. The van der Waals surface area contributed by atoms with E-state index < -0.39 is 5.60 Å². The van der Waals surface area contributed by atoms with Crippen LogP contribution in [0.1, 0.15) is 32.4 Å². The SMILES string of the molecule is CCO[C@](C)(C(=O)Nc1ccc(OC)nc1C)C1CC1. The second-order valence-corrected chi connectivity index (χ2v) is 5.26. The molecule has 0 aliphatic heterocycles. The first-order valence-corrected chi connectivity index (χ1v) is 6.98. The molecule has 0 aromatic carbocycles. The molecule has 20 heavy (non-hydrogen) atoms. The van der Waals surface area contributed by atoms with E-state index in [1.807, 2.05) is 20.8 Å². The number of pyridine rings is 1. The van der Waals surface area contributed by atoms with Crippen LogP contribution in [0.3, 0.4) is 0 Å². The van der Waals surface area contributed by atoms with Crippen molar-refractivity contribution in [1.82, 2.24) is 4.98 Å². The first kappa shape index (κ1) is 14.8. The first-order valence-electron chi connectivity index (χ1n) is 6.98. The smallest absolute Gasteiger partial charge is 0.256 e. The third-order valence-electron chi connectivity index (χ3n) is 3.77. The van der Waals surface area contributed by atoms with Gasteiger partial charge in [0.05, 0.1) is 18.5 Å². The number of rotatable bonds is 6. The van der Waals surface area contributed by atoms with Crippen molar-refractivity contribution in [3.63, 3.8) is 0 Å². The van der Waals surface area contributed by atoms with Gasteiger partial charge in [-0.15, -0.1) is 0 Å². The van der Waals surface area contributed by atoms with Crippen LogP contribution in [0.5, 0.6) is 5.88 Å². The fraction of sp³-hybridized carbons (Fsp3) is 0.600. The van der Waals surface area contributed by atoms with Gasteiger partial charge in [-0.3, -0.25) is 4.79 Å². The Hall–Kier alpha value is -1.62. The third kappa shape index (κ3) is 2.93. The van der Waals surface area contributed by atoms with Gasteiger partial charge in [0.1, 0.15) is 5.60 Å². The Bertz CT molecular complexity index is 500. The van der Waals surface area contributed by atoms with Crippen molar-refractivity contribution in [2.45, 2.75) is 39.2 Å². The lowest BCUT2D eigenvalue weighted by Crippen LogP contribution is -2.45. The summed E-state index contributed by atoms with van der Waals surface area (Å²) in [5.41, 5.74) is 0.677. The van der Waals surface area contributed by atoms with Crippen LogP contribution < -0.4 is 10.1 Å². The Morgan fingerprint density at radius 1 is 1.50 bits per heavy atom. The fourth-order valence-electron chi connectivity index (χ4n) is 2.33. The number of carbonyl (C=O) groups is 1. The summed E-state index contributed by atoms with van der Waals surface area (Å²) in [5.74, 6) is 0.751. The number of carbonyl (C=O) groups excluding carboxylic acids is 1. The zero-order chi connectivity index (χ0) is 14.8. The third-order valence-corrected chi connectivity index (χ3v) is 3.77. The van der Waals surface area contributed by atoms with Gasteiger partial charge in [-0.05, 0) is 45.6 Å². The molecule has 0 radical (unpaired) electrons. The van der Waals surface area contributed by atoms with E-state index in [1.54, 1.807) is 19.2 Å². The quantitative estimate of drug-likeness (QED) is 0.868. The second kappa shape index (κ2) is 5.79. The van der Waals surface area contributed by atoms with Crippen molar-refractivity contribution in [2.75, 3.05) is 19.0 Å². The lowest BCUT2D eigenvalue weighted by Gasteiger charge is -2.28. The van der Waals surface area contributed by atoms with Gasteiger partial charge >= 0.3 is 0 Å². The van der Waals surface area contributed by atoms with Gasteiger partial charge in [-0.25, -0.2) is 4.98 Å². The molecule has 1 aromatic heterocycles. The molecule has 1 heterocycles. The number of hydrogen-bond donors (Lipinski definition) is 1. The average Bonchev–Trinajstić information content (AvgIpc) is 3.25. The second-order valence-electron chi connectivity index (χ2n) is 5.26. The molecule has 0 spiro atoms. The van der Waals surface area contributed by atoms with E-state index >= 15 is 0 Å². The number of hydrogen-bond acceptors (Lipinski definition) is 4. The van der Waals surface area contributed by atoms with E-state index in [-0.39, 0.29) is 5.91 Å². The lowest BCUT2D eigenvalue weighted by molar-refractivity contribution is -0.141. The van der Waals surface area contributed by atoms with Gasteiger partial charge in [-0.1, -0.05) is 0 Å². The largest absolute Gasteiger partial charge is 0.481 e. The molecular weight excluding hydrogens is 256 g/mol. The summed E-state index contributed by atoms with van der Waals surface area (Å²) in [7, 11) is 1.57. The van der Waals surface area contributed by atoms with E-state index in [9.17, 15) is 4.79 Å². The van der Waals surface area contributed by atoms with Crippen molar-refractivity contribution < 1.29 is 14.3 Å². The van der Waals surface area contributed by atoms with Crippen LogP contribution >= 0.6 is 0 Å². The van der Waals surface area contributed by atoms with Crippen molar-refractivity contribution in [3.8, 4) is 5.88 Å². The van der Waals surface area contributed by atoms with Gasteiger partial charge in [0.15, 0.2) is 0 Å². The molecule has 0 saturated heterocycles. The lowest BCUT2D eigenvalue weighted by atomic mass is 9.98. The highest BCUT2D eigenvalue weighted by molar-refractivity contribution is 5.98. The summed E-state index contributed by atoms with van der Waals surface area (Å²) in [6.45, 7) is 6.15. The van der Waals surface area contributed by atoms with Crippen LogP contribution in [0.25, 0.3) is 0 Å². The molecule has 2 rings (SSSR count). The average molecular weight is 278 g/mol. The van der Waals surface area contributed by atoms with Crippen LogP contribution in [-0.4, -0.2) is 30.2 Å². The molecule has 0 bridgehead atoms. The van der Waals surface area contributed by atoms with E-state index in [1.165, 1.54) is 0 Å². The molecule has 1 aliphatic carbocycles. The maximum absolute atomic E-state index is 12.5. The zero-order valence-corrected chi connectivity index (χ0v) is 12.5. The van der Waals surface area contributed by atoms with Crippen LogP contribution in [0.4, 0.5) is 5.69 Å². The summed E-state index contributed by atoms with van der Waals surface area (Å²) in [5, 5.41) is 2.93. The van der Waals surface area contributed by atoms with Crippen molar-refractivity contribution in [1.29, 1.82) is 0 Å². The van der Waals surface area contributed by atoms with E-state index in [0.717, 1.165) is 18.5 Å². The normalized spacial score (nSPS) is 17.4. The Balaban J connectivity index is 2.14. The molecule has 5 nitrogen and oxygen atoms in total. The van der Waals surface area contributed by atoms with Gasteiger partial charge in [0, 0.05) is 12.7 Å². The van der Waals surface area contributed by atoms with Crippen LogP contribution in [0.15, 0.2) is 12.1 Å². The summed E-state index contributed by atoms with van der Waals surface area (Å²) in [6.07, 6.45) is 2.09. The number of amides is 1. The van der Waals surface area contributed by atoms with Crippen molar-refractivity contribution >= 4 is 11.6 Å². The maximum atomic E-state index is 12.5. The fourth-order valence-corrected chi connectivity index (χ4v) is 2.33. The standard InChI is InChI=1S/C15H22N2O3/c1-5-20-15(3,11-6-7-11)14(18)17-12-8-9-13(19-4)16-10(12)2/h8-9,11H,5-7H2,1-4H3,(H,17,18)/t15-/m0/s1. The number of nitrogens with zero attached hydrogens (tertiary/aromatic N) is 1. The van der Waals surface area contributed by atoms with E-state index in [0.29, 0.717) is 24.1 Å². The zero-order valence-electron chi connectivity index (χ0n) is 12.5. The number of methoxy groups -OCH3 is 1. The molecule has 1 atom stereocenters. The minimum absolute atomic E-state index is 0.100. The molecular formula is C15H22N2O3. The van der Waals surface area contributed by atoms with Crippen LogP contribution in [-0.2, 0) is 9.53 Å². The molecule has 0 unspecified atom stereocenters. The maximum Gasteiger partial charge on any atom is 0.256 e. The molecule has 1 amide bonds. The predicted octanol–water partition coefficient (Wildman–Crippen LogP) is 2.54. The number of nitrogens with one attached hydrogen (secondary N) is 1. The minimum Gasteiger partial charge on any atom is -0.481 e. The van der Waals surface area contributed by atoms with E-state index in [2.05, 4.69) is 10.3 Å². The molecule has 1 N–H and O–H groups in total. The van der Waals surface area contributed by atoms with Gasteiger partial charge in [-0.2, -0.15) is 0 Å². The molecule has 1 fully saturated rings. The Morgan fingerprint density at radius 3 is 2.70 bits per heavy atom. The topological polar surface area (TPSA) is 60.5 Å². The summed E-state index contributed by atoms with van der Waals surface area (Å²) < 4.78 is 10.8. The first-order chi connectivity index (χ1) is 9.51. The highest BCUT2D eigenvalue weighted by atomic mass is 16.5. The number of aromatic nitrogens is 1. The highest BCUT2D eigenvalue weighted by Crippen LogP contribution is 2.42. The number of anilines is 1. The van der Waals surface area contributed by atoms with Crippen LogP contribution in [0.2, 0.25) is 0 Å². The van der Waals surface area contributed by atoms with E-state index in [4.69, 9.17) is 9.47 Å². The Labute approximate surface area is 119 Å². The molecule has 1 aliphatic rings. The predicted molar refractivity (Wildman–Crippen MR) is 76.9 cm³/mol. The summed E-state index contributed by atoms with van der Waals surface area (Å²) in [6, 6.07) is 3.54. The Morgan fingerprint density at radius 2 is 2.20 bits per heavy atom. The minimum atomic E-state index is -0.749. The van der Waals surface area contributed by atoms with Gasteiger partial charge in [0.2, 0.25) is 5.88 Å². The molecule has 1 saturated carbocycles. The summed E-state index contributed by atoms with van der Waals surface area (Å²) >= 11 is 0. The monoisotopic (exact) mass is 278 g/mol. The van der Waals surface area contributed by atoms with Crippen molar-refractivity contribution in [3.05, 3.63) is 17.8 Å². The molecule has 110 valence electrons.